The molecule has 4 atom stereocenters. The molecule has 0 unspecified atom stereocenters. The quantitative estimate of drug-likeness (QED) is 0.580. The van der Waals surface area contributed by atoms with Crippen molar-refractivity contribution in [2.24, 2.45) is 11.8 Å². The average molecular weight is 470 g/mol. The number of fused-ring (bicyclic) bond motifs is 2. The van der Waals surface area contributed by atoms with Crippen LogP contribution in [-0.4, -0.2) is 39.6 Å². The average Bonchev–Trinajstić information content (AvgIpc) is 3.58. The summed E-state index contributed by atoms with van der Waals surface area (Å²) in [6, 6.07) is 22.4. The number of imide groups is 1. The van der Waals surface area contributed by atoms with Gasteiger partial charge in [-0.15, -0.1) is 0 Å². The Hall–Kier alpha value is -3.71. The van der Waals surface area contributed by atoms with Crippen molar-refractivity contribution in [3.8, 4) is 0 Å². The number of furan rings is 1. The zero-order valence-electron chi connectivity index (χ0n) is 19.3. The van der Waals surface area contributed by atoms with Gasteiger partial charge < -0.3 is 9.32 Å². The largest absolute Gasteiger partial charge is 0.467 e. The van der Waals surface area contributed by atoms with Crippen molar-refractivity contribution in [2.75, 3.05) is 6.54 Å². The molecule has 0 saturated carbocycles. The van der Waals surface area contributed by atoms with Crippen LogP contribution >= 0.6 is 0 Å². The highest BCUT2D eigenvalue weighted by atomic mass is 16.3. The molecular formula is C28H27N3O4. The Morgan fingerprint density at radius 3 is 2.34 bits per heavy atom. The lowest BCUT2D eigenvalue weighted by Gasteiger charge is -2.42. The number of hydrogen-bond acceptors (Lipinski definition) is 5. The van der Waals surface area contributed by atoms with E-state index in [9.17, 15) is 14.4 Å². The van der Waals surface area contributed by atoms with Gasteiger partial charge >= 0.3 is 0 Å². The fourth-order valence-electron chi connectivity index (χ4n) is 6.14. The maximum atomic E-state index is 14.1. The molecule has 3 aromatic rings. The zero-order chi connectivity index (χ0) is 24.0. The van der Waals surface area contributed by atoms with Gasteiger partial charge in [0.15, 0.2) is 0 Å². The SMILES string of the molecule is O=C1[C@H]2[C@@H](c3ccccc3)N[C@]3(CCCN(Cc4ccco4)C3=O)[C@H]2C(=O)N1Cc1ccccc1. The number of hydrogen-bond donors (Lipinski definition) is 1. The zero-order valence-corrected chi connectivity index (χ0v) is 19.3. The summed E-state index contributed by atoms with van der Waals surface area (Å²) in [4.78, 5) is 44.9. The first-order valence-corrected chi connectivity index (χ1v) is 12.1. The minimum absolute atomic E-state index is 0.128. The Morgan fingerprint density at radius 2 is 1.63 bits per heavy atom. The highest BCUT2D eigenvalue weighted by Crippen LogP contribution is 2.52. The molecule has 7 heteroatoms. The van der Waals surface area contributed by atoms with E-state index in [4.69, 9.17) is 4.42 Å². The summed E-state index contributed by atoms with van der Waals surface area (Å²) in [7, 11) is 0. The van der Waals surface area contributed by atoms with E-state index >= 15 is 0 Å². The lowest BCUT2D eigenvalue weighted by atomic mass is 9.74. The number of carbonyl (C=O) groups is 3. The number of carbonyl (C=O) groups excluding carboxylic acids is 3. The Kier molecular flexibility index (Phi) is 5.29. The molecule has 2 aromatic carbocycles. The van der Waals surface area contributed by atoms with Gasteiger partial charge in [0, 0.05) is 12.6 Å². The third-order valence-electron chi connectivity index (χ3n) is 7.68. The second-order valence-corrected chi connectivity index (χ2v) is 9.67. The molecule has 35 heavy (non-hydrogen) atoms. The van der Waals surface area contributed by atoms with Crippen LogP contribution in [0.1, 0.15) is 35.8 Å². The van der Waals surface area contributed by atoms with Crippen molar-refractivity contribution in [2.45, 2.75) is 37.5 Å². The monoisotopic (exact) mass is 469 g/mol. The molecule has 3 aliphatic heterocycles. The van der Waals surface area contributed by atoms with Crippen molar-refractivity contribution in [3.63, 3.8) is 0 Å². The number of likely N-dealkylation sites (tertiary alicyclic amines) is 2. The third-order valence-corrected chi connectivity index (χ3v) is 7.68. The van der Waals surface area contributed by atoms with Crippen molar-refractivity contribution in [3.05, 3.63) is 95.9 Å². The van der Waals surface area contributed by atoms with Gasteiger partial charge in [-0.25, -0.2) is 0 Å². The van der Waals surface area contributed by atoms with Crippen molar-refractivity contribution < 1.29 is 18.8 Å². The molecule has 0 aliphatic carbocycles. The van der Waals surface area contributed by atoms with E-state index in [2.05, 4.69) is 5.32 Å². The molecule has 4 heterocycles. The van der Waals surface area contributed by atoms with Crippen LogP contribution in [0.15, 0.2) is 83.5 Å². The lowest BCUT2D eigenvalue weighted by Crippen LogP contribution is -2.63. The van der Waals surface area contributed by atoms with Gasteiger partial charge in [-0.2, -0.15) is 0 Å². The highest BCUT2D eigenvalue weighted by molar-refractivity contribution is 6.10. The molecule has 178 valence electrons. The molecule has 3 amide bonds. The van der Waals surface area contributed by atoms with Gasteiger partial charge in [0.25, 0.3) is 0 Å². The molecule has 1 spiro atoms. The second kappa shape index (κ2) is 8.50. The third kappa shape index (κ3) is 3.49. The molecule has 0 bridgehead atoms. The van der Waals surface area contributed by atoms with Crippen molar-refractivity contribution in [1.29, 1.82) is 0 Å². The topological polar surface area (TPSA) is 82.9 Å². The van der Waals surface area contributed by atoms with Crippen LogP contribution < -0.4 is 5.32 Å². The molecule has 7 nitrogen and oxygen atoms in total. The van der Waals surface area contributed by atoms with Crippen LogP contribution in [0.3, 0.4) is 0 Å². The van der Waals surface area contributed by atoms with Crippen molar-refractivity contribution in [1.82, 2.24) is 15.1 Å². The number of amides is 3. The highest BCUT2D eigenvalue weighted by Gasteiger charge is 2.68. The normalized spacial score (nSPS) is 28.2. The molecule has 3 fully saturated rings. The molecule has 1 aromatic heterocycles. The molecule has 6 rings (SSSR count). The van der Waals surface area contributed by atoms with E-state index in [1.807, 2.05) is 66.7 Å². The number of rotatable bonds is 5. The Bertz CT molecular complexity index is 1240. The van der Waals surface area contributed by atoms with Crippen LogP contribution in [-0.2, 0) is 27.5 Å². The Labute approximate surface area is 203 Å². The van der Waals surface area contributed by atoms with Crippen LogP contribution in [0.5, 0.6) is 0 Å². The number of nitrogens with one attached hydrogen (secondary N) is 1. The molecule has 1 N–H and O–H groups in total. The summed E-state index contributed by atoms with van der Waals surface area (Å²) in [5.41, 5.74) is 0.689. The van der Waals surface area contributed by atoms with Crippen molar-refractivity contribution >= 4 is 17.7 Å². The van der Waals surface area contributed by atoms with Gasteiger partial charge in [-0.05, 0) is 36.1 Å². The maximum Gasteiger partial charge on any atom is 0.244 e. The van der Waals surface area contributed by atoms with Gasteiger partial charge in [-0.1, -0.05) is 60.7 Å². The number of benzene rings is 2. The van der Waals surface area contributed by atoms with E-state index in [1.165, 1.54) is 4.90 Å². The fraction of sp³-hybridized carbons (Fsp3) is 0.321. The van der Waals surface area contributed by atoms with E-state index in [1.54, 1.807) is 17.2 Å². The Morgan fingerprint density at radius 1 is 0.886 bits per heavy atom. The first kappa shape index (κ1) is 21.8. The molecule has 0 radical (unpaired) electrons. The van der Waals surface area contributed by atoms with Gasteiger partial charge in [-0.3, -0.25) is 24.6 Å². The van der Waals surface area contributed by atoms with Crippen LogP contribution in [0, 0.1) is 11.8 Å². The number of piperidine rings is 1. The van der Waals surface area contributed by atoms with E-state index in [0.29, 0.717) is 25.3 Å². The van der Waals surface area contributed by atoms with E-state index in [0.717, 1.165) is 17.5 Å². The summed E-state index contributed by atoms with van der Waals surface area (Å²) < 4.78 is 5.49. The van der Waals surface area contributed by atoms with Gasteiger partial charge in [0.1, 0.15) is 11.3 Å². The number of nitrogens with zero attached hydrogens (tertiary/aromatic N) is 2. The van der Waals surface area contributed by atoms with E-state index < -0.39 is 23.4 Å². The lowest BCUT2D eigenvalue weighted by molar-refractivity contribution is -0.150. The van der Waals surface area contributed by atoms with Crippen LogP contribution in [0.2, 0.25) is 0 Å². The Balaban J connectivity index is 1.39. The summed E-state index contributed by atoms with van der Waals surface area (Å²) in [6.45, 7) is 1.15. The predicted molar refractivity (Wildman–Crippen MR) is 127 cm³/mol. The standard InChI is InChI=1S/C28H27N3O4/c32-25-22-23(26(33)31(25)17-19-9-3-1-4-10-19)28(29-24(22)20-11-5-2-6-12-20)14-8-15-30(27(28)34)18-21-13-7-16-35-21/h1-7,9-13,16,22-24,29H,8,14-15,17-18H2/t22-,23-,24-,28-/m1/s1. The summed E-state index contributed by atoms with van der Waals surface area (Å²) in [5.74, 6) is -1.27. The fourth-order valence-corrected chi connectivity index (χ4v) is 6.14. The molecule has 3 aliphatic rings. The minimum Gasteiger partial charge on any atom is -0.467 e. The molecular weight excluding hydrogens is 442 g/mol. The van der Waals surface area contributed by atoms with Gasteiger partial charge in [0.2, 0.25) is 17.7 Å². The summed E-state index contributed by atoms with van der Waals surface area (Å²) >= 11 is 0. The van der Waals surface area contributed by atoms with Crippen LogP contribution in [0.25, 0.3) is 0 Å². The first-order valence-electron chi connectivity index (χ1n) is 12.1. The maximum absolute atomic E-state index is 14.1. The smallest absolute Gasteiger partial charge is 0.244 e. The second-order valence-electron chi connectivity index (χ2n) is 9.67. The summed E-state index contributed by atoms with van der Waals surface area (Å²) in [6.07, 6.45) is 2.85. The van der Waals surface area contributed by atoms with Crippen LogP contribution in [0.4, 0.5) is 0 Å². The molecule has 3 saturated heterocycles. The summed E-state index contributed by atoms with van der Waals surface area (Å²) in [5, 5.41) is 3.54. The van der Waals surface area contributed by atoms with E-state index in [-0.39, 0.29) is 24.3 Å². The van der Waals surface area contributed by atoms with Gasteiger partial charge in [0.05, 0.1) is 31.2 Å². The predicted octanol–water partition coefficient (Wildman–Crippen LogP) is 3.29. The first-order chi connectivity index (χ1) is 17.1. The minimum atomic E-state index is -1.12.